The van der Waals surface area contributed by atoms with Gasteiger partial charge in [0.25, 0.3) is 5.91 Å². The van der Waals surface area contributed by atoms with E-state index in [4.69, 9.17) is 0 Å². The number of aryl methyl sites for hydroxylation is 1. The molecule has 1 aromatic rings. The molecule has 0 spiro atoms. The lowest BCUT2D eigenvalue weighted by Gasteiger charge is -2.39. The van der Waals surface area contributed by atoms with E-state index in [9.17, 15) is 9.90 Å². The summed E-state index contributed by atoms with van der Waals surface area (Å²) in [7, 11) is 0. The summed E-state index contributed by atoms with van der Waals surface area (Å²) in [6.07, 6.45) is 2.90. The highest BCUT2D eigenvalue weighted by molar-refractivity contribution is 5.96. The molecule has 0 aromatic carbocycles. The van der Waals surface area contributed by atoms with Gasteiger partial charge >= 0.3 is 0 Å². The minimum Gasteiger partial charge on any atom is -0.391 e. The number of amides is 1. The molecule has 1 saturated heterocycles. The van der Waals surface area contributed by atoms with Crippen LogP contribution < -0.4 is 0 Å². The third-order valence-electron chi connectivity index (χ3n) is 5.66. The van der Waals surface area contributed by atoms with Gasteiger partial charge in [0.1, 0.15) is 0 Å². The van der Waals surface area contributed by atoms with E-state index in [1.165, 1.54) is 0 Å². The Bertz CT molecular complexity index is 639. The Morgan fingerprint density at radius 2 is 1.76 bits per heavy atom. The van der Waals surface area contributed by atoms with Crippen LogP contribution in [0.3, 0.4) is 0 Å². The summed E-state index contributed by atoms with van der Waals surface area (Å²) < 4.78 is 1.96. The molecule has 1 saturated carbocycles. The number of piperazine rings is 1. The van der Waals surface area contributed by atoms with Crippen LogP contribution in [0.15, 0.2) is 0 Å². The highest BCUT2D eigenvalue weighted by Gasteiger charge is 2.34. The molecule has 6 nitrogen and oxygen atoms in total. The van der Waals surface area contributed by atoms with E-state index in [2.05, 4.69) is 30.8 Å². The number of carbonyl (C=O) groups excluding carboxylic acids is 1. The van der Waals surface area contributed by atoms with Crippen molar-refractivity contribution in [2.75, 3.05) is 26.2 Å². The summed E-state index contributed by atoms with van der Waals surface area (Å²) in [4.78, 5) is 17.4. The van der Waals surface area contributed by atoms with Crippen molar-refractivity contribution in [2.24, 2.45) is 0 Å². The molecule has 140 valence electrons. The number of hydrogen-bond acceptors (Lipinski definition) is 4. The molecule has 1 aliphatic heterocycles. The summed E-state index contributed by atoms with van der Waals surface area (Å²) in [5, 5.41) is 14.7. The summed E-state index contributed by atoms with van der Waals surface area (Å²) in [5.41, 5.74) is 2.38. The number of hydrogen-bond donors (Lipinski definition) is 1. The largest absolute Gasteiger partial charge is 0.391 e. The zero-order chi connectivity index (χ0) is 18.4. The fraction of sp³-hybridized carbons (Fsp3) is 0.789. The molecular formula is C19H32N4O2. The average molecular weight is 348 g/mol. The van der Waals surface area contributed by atoms with Gasteiger partial charge in [0.05, 0.1) is 22.9 Å². The molecule has 1 amide bonds. The Morgan fingerprint density at radius 3 is 2.24 bits per heavy atom. The quantitative estimate of drug-likeness (QED) is 0.887. The lowest BCUT2D eigenvalue weighted by molar-refractivity contribution is 0.0315. The average Bonchev–Trinajstić information content (AvgIpc) is 3.10. The smallest absolute Gasteiger partial charge is 0.257 e. The Labute approximate surface area is 150 Å². The third kappa shape index (κ3) is 3.47. The highest BCUT2D eigenvalue weighted by atomic mass is 16.3. The van der Waals surface area contributed by atoms with Crippen molar-refractivity contribution in [3.8, 4) is 0 Å². The molecule has 25 heavy (non-hydrogen) atoms. The number of rotatable bonds is 2. The molecule has 2 fully saturated rings. The maximum Gasteiger partial charge on any atom is 0.257 e. The second-order valence-electron chi connectivity index (χ2n) is 8.52. The van der Waals surface area contributed by atoms with Crippen LogP contribution in [0.4, 0.5) is 0 Å². The van der Waals surface area contributed by atoms with Crippen LogP contribution >= 0.6 is 0 Å². The van der Waals surface area contributed by atoms with Gasteiger partial charge in [0.15, 0.2) is 0 Å². The summed E-state index contributed by atoms with van der Waals surface area (Å²) in [5.74, 6) is 0.0946. The molecule has 0 radical (unpaired) electrons. The Balaban J connectivity index is 1.70. The molecule has 1 aliphatic carbocycles. The van der Waals surface area contributed by atoms with Crippen molar-refractivity contribution >= 4 is 5.91 Å². The van der Waals surface area contributed by atoms with E-state index < -0.39 is 0 Å². The van der Waals surface area contributed by atoms with Gasteiger partial charge in [0, 0.05) is 37.9 Å². The number of aliphatic hydroxyl groups is 1. The van der Waals surface area contributed by atoms with E-state index in [0.29, 0.717) is 0 Å². The zero-order valence-corrected chi connectivity index (χ0v) is 16.2. The van der Waals surface area contributed by atoms with E-state index in [1.807, 2.05) is 23.4 Å². The van der Waals surface area contributed by atoms with E-state index in [1.54, 1.807) is 0 Å². The summed E-state index contributed by atoms with van der Waals surface area (Å²) in [6.45, 7) is 13.4. The Hall–Kier alpha value is -1.40. The monoisotopic (exact) mass is 348 g/mol. The molecule has 1 N–H and O–H groups in total. The molecule has 3 rings (SSSR count). The molecule has 2 atom stereocenters. The normalized spacial score (nSPS) is 25.6. The van der Waals surface area contributed by atoms with Crippen LogP contribution in [-0.2, 0) is 5.54 Å². The number of carbonyl (C=O) groups is 1. The predicted octanol–water partition coefficient (Wildman–Crippen LogP) is 1.93. The van der Waals surface area contributed by atoms with Crippen molar-refractivity contribution in [2.45, 2.75) is 71.6 Å². The number of aliphatic hydroxyl groups excluding tert-OH is 1. The number of aromatic nitrogens is 2. The molecule has 0 bridgehead atoms. The minimum absolute atomic E-state index is 0.0946. The van der Waals surface area contributed by atoms with Crippen molar-refractivity contribution < 1.29 is 9.90 Å². The molecule has 2 aliphatic rings. The Morgan fingerprint density at radius 1 is 1.12 bits per heavy atom. The topological polar surface area (TPSA) is 61.6 Å². The van der Waals surface area contributed by atoms with Crippen molar-refractivity contribution in [1.29, 1.82) is 0 Å². The molecule has 0 unspecified atom stereocenters. The van der Waals surface area contributed by atoms with Gasteiger partial charge in [-0.2, -0.15) is 5.10 Å². The SMILES string of the molecule is Cc1nn(C(C)(C)C)c(C)c1C(=O)N1CCN([C@@H]2CCC[C@@H]2O)CC1. The van der Waals surface area contributed by atoms with Crippen molar-refractivity contribution in [3.63, 3.8) is 0 Å². The first-order valence-electron chi connectivity index (χ1n) is 9.48. The lowest BCUT2D eigenvalue weighted by Crippen LogP contribution is -2.53. The first kappa shape index (κ1) is 18.4. The minimum atomic E-state index is -0.197. The van der Waals surface area contributed by atoms with Gasteiger partial charge in [-0.25, -0.2) is 0 Å². The van der Waals surface area contributed by atoms with Gasteiger partial charge in [-0.05, 0) is 53.9 Å². The fourth-order valence-corrected chi connectivity index (χ4v) is 4.37. The maximum absolute atomic E-state index is 13.1. The van der Waals surface area contributed by atoms with Crippen LogP contribution in [0.5, 0.6) is 0 Å². The van der Waals surface area contributed by atoms with Crippen LogP contribution in [0.2, 0.25) is 0 Å². The molecule has 1 aromatic heterocycles. The molecule has 6 heteroatoms. The van der Waals surface area contributed by atoms with Gasteiger partial charge in [-0.15, -0.1) is 0 Å². The standard InChI is InChI=1S/C19H32N4O2/c1-13-17(14(2)23(20-13)19(3,4)5)18(25)22-11-9-21(10-12-22)15-7-6-8-16(15)24/h15-16,24H,6-12H2,1-5H3/t15-,16+/m1/s1. The predicted molar refractivity (Wildman–Crippen MR) is 97.8 cm³/mol. The van der Waals surface area contributed by atoms with Crippen LogP contribution in [0.25, 0.3) is 0 Å². The zero-order valence-electron chi connectivity index (χ0n) is 16.2. The third-order valence-corrected chi connectivity index (χ3v) is 5.66. The van der Waals surface area contributed by atoms with E-state index in [-0.39, 0.29) is 23.6 Å². The van der Waals surface area contributed by atoms with Gasteiger partial charge in [0.2, 0.25) is 0 Å². The second kappa shape index (κ2) is 6.72. The highest BCUT2D eigenvalue weighted by Crippen LogP contribution is 2.26. The van der Waals surface area contributed by atoms with Gasteiger partial charge in [-0.1, -0.05) is 0 Å². The second-order valence-corrected chi connectivity index (χ2v) is 8.52. The first-order valence-corrected chi connectivity index (χ1v) is 9.48. The van der Waals surface area contributed by atoms with Crippen LogP contribution in [0.1, 0.15) is 61.8 Å². The maximum atomic E-state index is 13.1. The van der Waals surface area contributed by atoms with Gasteiger partial charge < -0.3 is 10.0 Å². The van der Waals surface area contributed by atoms with Crippen molar-refractivity contribution in [3.05, 3.63) is 17.0 Å². The number of nitrogens with zero attached hydrogens (tertiary/aromatic N) is 4. The summed E-state index contributed by atoms with van der Waals surface area (Å²) in [6, 6.07) is 0.282. The van der Waals surface area contributed by atoms with E-state index >= 15 is 0 Å². The first-order chi connectivity index (χ1) is 11.7. The van der Waals surface area contributed by atoms with Crippen LogP contribution in [0, 0.1) is 13.8 Å². The van der Waals surface area contributed by atoms with Gasteiger partial charge in [-0.3, -0.25) is 14.4 Å². The fourth-order valence-electron chi connectivity index (χ4n) is 4.37. The molecule has 2 heterocycles. The van der Waals surface area contributed by atoms with E-state index in [0.717, 1.165) is 62.4 Å². The van der Waals surface area contributed by atoms with Crippen molar-refractivity contribution in [1.82, 2.24) is 19.6 Å². The Kier molecular flexibility index (Phi) is 4.95. The van der Waals surface area contributed by atoms with Crippen LogP contribution in [-0.4, -0.2) is 68.9 Å². The summed E-state index contributed by atoms with van der Waals surface area (Å²) >= 11 is 0. The lowest BCUT2D eigenvalue weighted by atomic mass is 10.1. The molecular weight excluding hydrogens is 316 g/mol.